The molecule has 0 radical (unpaired) electrons. The van der Waals surface area contributed by atoms with Crippen LogP contribution in [0.15, 0.2) is 42.5 Å². The quantitative estimate of drug-likeness (QED) is 0.947. The van der Waals surface area contributed by atoms with Crippen molar-refractivity contribution in [2.24, 2.45) is 0 Å². The number of nitrogens with one attached hydrogen (secondary N) is 1. The Hall–Kier alpha value is -2.56. The van der Waals surface area contributed by atoms with Gasteiger partial charge in [0.2, 0.25) is 0 Å². The second-order valence-corrected chi connectivity index (χ2v) is 5.05. The van der Waals surface area contributed by atoms with Crippen LogP contribution in [-0.4, -0.2) is 19.6 Å². The van der Waals surface area contributed by atoms with Gasteiger partial charge in [0.1, 0.15) is 17.3 Å². The van der Waals surface area contributed by atoms with Crippen LogP contribution in [0, 0.1) is 5.82 Å². The average molecular weight is 301 g/mol. The van der Waals surface area contributed by atoms with Gasteiger partial charge in [-0.1, -0.05) is 18.2 Å². The molecule has 1 amide bonds. The largest absolute Gasteiger partial charge is 0.497 e. The fourth-order valence-electron chi connectivity index (χ4n) is 2.53. The molecule has 0 aliphatic carbocycles. The lowest BCUT2D eigenvalue weighted by Crippen LogP contribution is -2.32. The van der Waals surface area contributed by atoms with E-state index in [4.69, 9.17) is 9.47 Å². The third-order valence-electron chi connectivity index (χ3n) is 3.68. The number of carbonyl (C=O) groups excluding carboxylic acids is 1. The van der Waals surface area contributed by atoms with Crippen molar-refractivity contribution in [3.05, 3.63) is 59.4 Å². The van der Waals surface area contributed by atoms with Gasteiger partial charge in [0.05, 0.1) is 25.3 Å². The molecule has 1 atom stereocenters. The molecule has 3 rings (SSSR count). The van der Waals surface area contributed by atoms with E-state index in [0.29, 0.717) is 18.8 Å². The fraction of sp³-hybridized carbons (Fsp3) is 0.235. The molecule has 2 aromatic carbocycles. The van der Waals surface area contributed by atoms with E-state index in [-0.39, 0.29) is 11.6 Å². The number of halogens is 1. The van der Waals surface area contributed by atoms with E-state index in [1.807, 2.05) is 24.3 Å². The molecule has 1 heterocycles. The molecule has 0 saturated heterocycles. The molecule has 0 saturated carbocycles. The summed E-state index contributed by atoms with van der Waals surface area (Å²) in [6, 6.07) is 11.6. The Morgan fingerprint density at radius 1 is 1.32 bits per heavy atom. The zero-order valence-electron chi connectivity index (χ0n) is 12.1. The highest BCUT2D eigenvalue weighted by Crippen LogP contribution is 2.31. The van der Waals surface area contributed by atoms with Crippen molar-refractivity contribution in [2.75, 3.05) is 13.7 Å². The molecule has 0 unspecified atom stereocenters. The van der Waals surface area contributed by atoms with Gasteiger partial charge >= 0.3 is 0 Å². The first-order valence-electron chi connectivity index (χ1n) is 7.05. The van der Waals surface area contributed by atoms with Gasteiger partial charge in [-0.25, -0.2) is 4.39 Å². The van der Waals surface area contributed by atoms with Gasteiger partial charge in [-0.3, -0.25) is 4.79 Å². The lowest BCUT2D eigenvalue weighted by Gasteiger charge is -2.26. The van der Waals surface area contributed by atoms with Crippen LogP contribution in [0.4, 0.5) is 4.39 Å². The molecular weight excluding hydrogens is 285 g/mol. The minimum atomic E-state index is -0.600. The number of ether oxygens (including phenoxy) is 2. The summed E-state index contributed by atoms with van der Waals surface area (Å²) in [5, 5.41) is 2.87. The van der Waals surface area contributed by atoms with Gasteiger partial charge in [0, 0.05) is 18.1 Å². The number of benzene rings is 2. The minimum absolute atomic E-state index is 0.00442. The third-order valence-corrected chi connectivity index (χ3v) is 3.68. The van der Waals surface area contributed by atoms with Crippen molar-refractivity contribution in [1.82, 2.24) is 5.32 Å². The summed E-state index contributed by atoms with van der Waals surface area (Å²) in [7, 11) is 1.45. The zero-order chi connectivity index (χ0) is 15.5. The standard InChI is InChI=1S/C17H16FNO3/c1-21-11-6-7-12(14(18)10-11)17(20)19-15-8-9-22-16-5-3-2-4-13(15)16/h2-7,10,15H,8-9H2,1H3,(H,19,20)/t15-/m0/s1. The van der Waals surface area contributed by atoms with Crippen molar-refractivity contribution in [3.8, 4) is 11.5 Å². The molecule has 1 N–H and O–H groups in total. The number of hydrogen-bond acceptors (Lipinski definition) is 3. The smallest absolute Gasteiger partial charge is 0.254 e. The molecule has 0 aromatic heterocycles. The summed E-state index contributed by atoms with van der Waals surface area (Å²) >= 11 is 0. The van der Waals surface area contributed by atoms with Crippen molar-refractivity contribution < 1.29 is 18.7 Å². The number of fused-ring (bicyclic) bond motifs is 1. The lowest BCUT2D eigenvalue weighted by atomic mass is 10.00. The second-order valence-electron chi connectivity index (χ2n) is 5.05. The summed E-state index contributed by atoms with van der Waals surface area (Å²) in [4.78, 5) is 12.3. The second kappa shape index (κ2) is 6.05. The molecule has 4 nitrogen and oxygen atoms in total. The maximum absolute atomic E-state index is 14.0. The van der Waals surface area contributed by atoms with E-state index < -0.39 is 11.7 Å². The van der Waals surface area contributed by atoms with Crippen molar-refractivity contribution in [3.63, 3.8) is 0 Å². The highest BCUT2D eigenvalue weighted by atomic mass is 19.1. The number of carbonyl (C=O) groups is 1. The molecule has 5 heteroatoms. The molecular formula is C17H16FNO3. The molecule has 22 heavy (non-hydrogen) atoms. The Morgan fingerprint density at radius 2 is 2.14 bits per heavy atom. The topological polar surface area (TPSA) is 47.6 Å². The van der Waals surface area contributed by atoms with E-state index in [1.165, 1.54) is 19.2 Å². The van der Waals surface area contributed by atoms with E-state index >= 15 is 0 Å². The summed E-state index contributed by atoms with van der Waals surface area (Å²) in [6.07, 6.45) is 0.653. The van der Waals surface area contributed by atoms with Gasteiger partial charge in [-0.2, -0.15) is 0 Å². The van der Waals surface area contributed by atoms with Gasteiger partial charge in [-0.05, 0) is 18.2 Å². The molecule has 0 bridgehead atoms. The molecule has 0 spiro atoms. The fourth-order valence-corrected chi connectivity index (χ4v) is 2.53. The summed E-state index contributed by atoms with van der Waals surface area (Å²) in [5.74, 6) is 0.0961. The first-order valence-corrected chi connectivity index (χ1v) is 7.05. The highest BCUT2D eigenvalue weighted by Gasteiger charge is 2.24. The summed E-state index contributed by atoms with van der Waals surface area (Å²) < 4.78 is 24.5. The third kappa shape index (κ3) is 2.74. The van der Waals surface area contributed by atoms with Crippen molar-refractivity contribution in [2.45, 2.75) is 12.5 Å². The van der Waals surface area contributed by atoms with Crippen molar-refractivity contribution >= 4 is 5.91 Å². The molecule has 0 fully saturated rings. The van der Waals surface area contributed by atoms with Gasteiger partial charge in [0.25, 0.3) is 5.91 Å². The molecule has 1 aliphatic heterocycles. The lowest BCUT2D eigenvalue weighted by molar-refractivity contribution is 0.0920. The van der Waals surface area contributed by atoms with E-state index in [1.54, 1.807) is 6.07 Å². The number of rotatable bonds is 3. The van der Waals surface area contributed by atoms with E-state index in [0.717, 1.165) is 11.3 Å². The zero-order valence-corrected chi connectivity index (χ0v) is 12.1. The summed E-state index contributed by atoms with van der Waals surface area (Å²) in [5.41, 5.74) is 0.917. The molecule has 1 aliphatic rings. The van der Waals surface area contributed by atoms with Crippen LogP contribution >= 0.6 is 0 Å². The maximum atomic E-state index is 14.0. The van der Waals surface area contributed by atoms with Gasteiger partial charge in [0.15, 0.2) is 0 Å². The van der Waals surface area contributed by atoms with Gasteiger partial charge < -0.3 is 14.8 Å². The average Bonchev–Trinajstić information content (AvgIpc) is 2.55. The Bertz CT molecular complexity index is 702. The highest BCUT2D eigenvalue weighted by molar-refractivity contribution is 5.95. The Labute approximate surface area is 127 Å². The number of methoxy groups -OCH3 is 1. The number of amides is 1. The van der Waals surface area contributed by atoms with Crippen LogP contribution in [-0.2, 0) is 0 Å². The number of hydrogen-bond donors (Lipinski definition) is 1. The SMILES string of the molecule is COc1ccc(C(=O)N[C@H]2CCOc3ccccc32)c(F)c1. The molecule has 114 valence electrons. The molecule has 2 aromatic rings. The van der Waals surface area contributed by atoms with Crippen LogP contribution < -0.4 is 14.8 Å². The normalized spacial score (nSPS) is 16.4. The maximum Gasteiger partial charge on any atom is 0.254 e. The van der Waals surface area contributed by atoms with E-state index in [9.17, 15) is 9.18 Å². The first kappa shape index (κ1) is 14.4. The summed E-state index contributed by atoms with van der Waals surface area (Å²) in [6.45, 7) is 0.521. The predicted octanol–water partition coefficient (Wildman–Crippen LogP) is 3.09. The Balaban J connectivity index is 1.81. The Kier molecular flexibility index (Phi) is 3.96. The monoisotopic (exact) mass is 301 g/mol. The number of para-hydroxylation sites is 1. The van der Waals surface area contributed by atoms with E-state index in [2.05, 4.69) is 5.32 Å². The van der Waals surface area contributed by atoms with Crippen LogP contribution in [0.1, 0.15) is 28.4 Å². The Morgan fingerprint density at radius 3 is 2.91 bits per heavy atom. The van der Waals surface area contributed by atoms with Crippen LogP contribution in [0.25, 0.3) is 0 Å². The van der Waals surface area contributed by atoms with Crippen LogP contribution in [0.5, 0.6) is 11.5 Å². The minimum Gasteiger partial charge on any atom is -0.497 e. The van der Waals surface area contributed by atoms with Crippen LogP contribution in [0.2, 0.25) is 0 Å². The van der Waals surface area contributed by atoms with Crippen LogP contribution in [0.3, 0.4) is 0 Å². The predicted molar refractivity (Wildman–Crippen MR) is 79.7 cm³/mol. The van der Waals surface area contributed by atoms with Gasteiger partial charge in [-0.15, -0.1) is 0 Å². The first-order chi connectivity index (χ1) is 10.7. The van der Waals surface area contributed by atoms with Crippen molar-refractivity contribution in [1.29, 1.82) is 0 Å².